The van der Waals surface area contributed by atoms with Gasteiger partial charge in [-0.2, -0.15) is 0 Å². The van der Waals surface area contributed by atoms with Gasteiger partial charge in [0.1, 0.15) is 6.04 Å². The summed E-state index contributed by atoms with van der Waals surface area (Å²) >= 11 is 0. The summed E-state index contributed by atoms with van der Waals surface area (Å²) in [5.74, 6) is -0.162. The molecule has 0 radical (unpaired) electrons. The molecule has 0 saturated carbocycles. The lowest BCUT2D eigenvalue weighted by Crippen LogP contribution is -2.47. The van der Waals surface area contributed by atoms with E-state index in [1.54, 1.807) is 6.92 Å². The van der Waals surface area contributed by atoms with Crippen LogP contribution in [-0.2, 0) is 14.3 Å². The SMILES string of the molecule is CCCNC(=O)[C@H](C)NC(=O)C1CCOCC1. The summed E-state index contributed by atoms with van der Waals surface area (Å²) in [5.41, 5.74) is 0. The average molecular weight is 242 g/mol. The Bertz CT molecular complexity index is 262. The standard InChI is InChI=1S/C12H22N2O3/c1-3-6-13-11(15)9(2)14-12(16)10-4-7-17-8-5-10/h9-10H,3-8H2,1-2H3,(H,13,15)(H,14,16)/t9-/m0/s1. The van der Waals surface area contributed by atoms with Crippen LogP contribution in [-0.4, -0.2) is 37.6 Å². The molecule has 0 bridgehead atoms. The molecule has 0 aromatic carbocycles. The highest BCUT2D eigenvalue weighted by molar-refractivity contribution is 5.88. The van der Waals surface area contributed by atoms with Crippen LogP contribution in [0.2, 0.25) is 0 Å². The summed E-state index contributed by atoms with van der Waals surface area (Å²) in [6.07, 6.45) is 2.39. The fraction of sp³-hybridized carbons (Fsp3) is 0.833. The van der Waals surface area contributed by atoms with Crippen LogP contribution in [0.4, 0.5) is 0 Å². The molecule has 5 nitrogen and oxygen atoms in total. The second-order valence-electron chi connectivity index (χ2n) is 4.41. The molecule has 0 spiro atoms. The summed E-state index contributed by atoms with van der Waals surface area (Å²) < 4.78 is 5.20. The lowest BCUT2D eigenvalue weighted by molar-refractivity contribution is -0.132. The molecule has 0 unspecified atom stereocenters. The van der Waals surface area contributed by atoms with Crippen molar-refractivity contribution in [2.45, 2.75) is 39.2 Å². The Hall–Kier alpha value is -1.10. The molecular formula is C12H22N2O3. The molecule has 0 aromatic heterocycles. The number of rotatable bonds is 5. The van der Waals surface area contributed by atoms with Gasteiger partial charge in [0.25, 0.3) is 0 Å². The Kier molecular flexibility index (Phi) is 5.97. The summed E-state index contributed by atoms with van der Waals surface area (Å²) in [6.45, 7) is 5.62. The van der Waals surface area contributed by atoms with Crippen molar-refractivity contribution in [2.75, 3.05) is 19.8 Å². The van der Waals surface area contributed by atoms with Crippen LogP contribution in [0.3, 0.4) is 0 Å². The van der Waals surface area contributed by atoms with Gasteiger partial charge in [0.15, 0.2) is 0 Å². The Morgan fingerprint density at radius 2 is 2.00 bits per heavy atom. The van der Waals surface area contributed by atoms with Gasteiger partial charge in [-0.3, -0.25) is 9.59 Å². The van der Waals surface area contributed by atoms with E-state index in [0.29, 0.717) is 19.8 Å². The molecule has 98 valence electrons. The van der Waals surface area contributed by atoms with Gasteiger partial charge in [-0.05, 0) is 26.2 Å². The Labute approximate surface area is 102 Å². The van der Waals surface area contributed by atoms with E-state index < -0.39 is 6.04 Å². The molecule has 0 aliphatic carbocycles. The number of carbonyl (C=O) groups excluding carboxylic acids is 2. The fourth-order valence-electron chi connectivity index (χ4n) is 1.76. The van der Waals surface area contributed by atoms with E-state index in [1.165, 1.54) is 0 Å². The zero-order chi connectivity index (χ0) is 12.7. The second-order valence-corrected chi connectivity index (χ2v) is 4.41. The van der Waals surface area contributed by atoms with Gasteiger partial charge < -0.3 is 15.4 Å². The van der Waals surface area contributed by atoms with Crippen molar-refractivity contribution in [3.8, 4) is 0 Å². The first-order chi connectivity index (χ1) is 8.15. The zero-order valence-electron chi connectivity index (χ0n) is 10.6. The van der Waals surface area contributed by atoms with Gasteiger partial charge in [0.05, 0.1) is 0 Å². The first-order valence-electron chi connectivity index (χ1n) is 6.31. The highest BCUT2D eigenvalue weighted by atomic mass is 16.5. The molecule has 17 heavy (non-hydrogen) atoms. The van der Waals surface area contributed by atoms with Crippen molar-refractivity contribution in [1.82, 2.24) is 10.6 Å². The quantitative estimate of drug-likeness (QED) is 0.735. The first kappa shape index (κ1) is 14.0. The highest BCUT2D eigenvalue weighted by Crippen LogP contribution is 2.14. The average Bonchev–Trinajstić information content (AvgIpc) is 2.36. The topological polar surface area (TPSA) is 67.4 Å². The van der Waals surface area contributed by atoms with Gasteiger partial charge >= 0.3 is 0 Å². The van der Waals surface area contributed by atoms with Crippen molar-refractivity contribution in [1.29, 1.82) is 0 Å². The van der Waals surface area contributed by atoms with E-state index in [9.17, 15) is 9.59 Å². The third-order valence-electron chi connectivity index (χ3n) is 2.89. The molecule has 1 heterocycles. The molecule has 1 saturated heterocycles. The third kappa shape index (κ3) is 4.73. The number of hydrogen-bond acceptors (Lipinski definition) is 3. The van der Waals surface area contributed by atoms with E-state index in [4.69, 9.17) is 4.74 Å². The molecule has 2 amide bonds. The number of nitrogens with one attached hydrogen (secondary N) is 2. The largest absolute Gasteiger partial charge is 0.381 e. The van der Waals surface area contributed by atoms with Gasteiger partial charge in [0, 0.05) is 25.7 Å². The number of hydrogen-bond donors (Lipinski definition) is 2. The molecule has 1 aliphatic rings. The minimum atomic E-state index is -0.461. The number of carbonyl (C=O) groups is 2. The van der Waals surface area contributed by atoms with Gasteiger partial charge in [-0.15, -0.1) is 0 Å². The van der Waals surface area contributed by atoms with E-state index >= 15 is 0 Å². The monoisotopic (exact) mass is 242 g/mol. The summed E-state index contributed by atoms with van der Waals surface area (Å²) in [7, 11) is 0. The molecule has 2 N–H and O–H groups in total. The molecule has 1 rings (SSSR count). The number of ether oxygens (including phenoxy) is 1. The maximum Gasteiger partial charge on any atom is 0.242 e. The molecule has 1 fully saturated rings. The van der Waals surface area contributed by atoms with E-state index in [-0.39, 0.29) is 17.7 Å². The summed E-state index contributed by atoms with van der Waals surface area (Å²) in [6, 6.07) is -0.461. The van der Waals surface area contributed by atoms with Gasteiger partial charge in [-0.1, -0.05) is 6.92 Å². The molecular weight excluding hydrogens is 220 g/mol. The smallest absolute Gasteiger partial charge is 0.242 e. The predicted molar refractivity (Wildman–Crippen MR) is 64.4 cm³/mol. The maximum atomic E-state index is 11.8. The van der Waals surface area contributed by atoms with Crippen molar-refractivity contribution in [3.63, 3.8) is 0 Å². The van der Waals surface area contributed by atoms with Crippen molar-refractivity contribution in [2.24, 2.45) is 5.92 Å². The van der Waals surface area contributed by atoms with Crippen molar-refractivity contribution in [3.05, 3.63) is 0 Å². The lowest BCUT2D eigenvalue weighted by Gasteiger charge is -2.23. The molecule has 1 aliphatic heterocycles. The van der Waals surface area contributed by atoms with Crippen molar-refractivity contribution < 1.29 is 14.3 Å². The third-order valence-corrected chi connectivity index (χ3v) is 2.89. The normalized spacial score (nSPS) is 18.5. The summed E-state index contributed by atoms with van der Waals surface area (Å²) in [4.78, 5) is 23.4. The minimum Gasteiger partial charge on any atom is -0.381 e. The van der Waals surface area contributed by atoms with Crippen molar-refractivity contribution >= 4 is 11.8 Å². The molecule has 1 atom stereocenters. The van der Waals surface area contributed by atoms with Gasteiger partial charge in [-0.25, -0.2) is 0 Å². The van der Waals surface area contributed by atoms with E-state index in [2.05, 4.69) is 10.6 Å². The Balaban J connectivity index is 2.31. The Morgan fingerprint density at radius 3 is 2.59 bits per heavy atom. The van der Waals surface area contributed by atoms with Crippen LogP contribution in [0, 0.1) is 5.92 Å². The predicted octanol–water partition coefficient (Wildman–Crippen LogP) is 0.444. The van der Waals surface area contributed by atoms with Crippen LogP contribution in [0.15, 0.2) is 0 Å². The highest BCUT2D eigenvalue weighted by Gasteiger charge is 2.24. The molecule has 5 heteroatoms. The fourth-order valence-corrected chi connectivity index (χ4v) is 1.76. The molecule has 0 aromatic rings. The van der Waals surface area contributed by atoms with Crippen LogP contribution >= 0.6 is 0 Å². The number of amides is 2. The maximum absolute atomic E-state index is 11.8. The van der Waals surface area contributed by atoms with Crippen LogP contribution < -0.4 is 10.6 Å². The Morgan fingerprint density at radius 1 is 1.35 bits per heavy atom. The summed E-state index contributed by atoms with van der Waals surface area (Å²) in [5, 5.41) is 5.51. The van der Waals surface area contributed by atoms with Crippen LogP contribution in [0.5, 0.6) is 0 Å². The first-order valence-corrected chi connectivity index (χ1v) is 6.31. The minimum absolute atomic E-state index is 0.00910. The van der Waals surface area contributed by atoms with Crippen LogP contribution in [0.25, 0.3) is 0 Å². The van der Waals surface area contributed by atoms with Crippen LogP contribution in [0.1, 0.15) is 33.1 Å². The van der Waals surface area contributed by atoms with E-state index in [0.717, 1.165) is 19.3 Å². The second kappa shape index (κ2) is 7.27. The van der Waals surface area contributed by atoms with Gasteiger partial charge in [0.2, 0.25) is 11.8 Å². The lowest BCUT2D eigenvalue weighted by atomic mass is 9.99. The van der Waals surface area contributed by atoms with E-state index in [1.807, 2.05) is 6.92 Å². The zero-order valence-corrected chi connectivity index (χ0v) is 10.6.